The molecule has 1 aromatic carbocycles. The Morgan fingerprint density at radius 1 is 1.45 bits per heavy atom. The Labute approximate surface area is 120 Å². The van der Waals surface area contributed by atoms with Gasteiger partial charge in [0.2, 0.25) is 0 Å². The maximum absolute atomic E-state index is 12.5. The third kappa shape index (κ3) is 2.03. The molecule has 20 heavy (non-hydrogen) atoms. The Morgan fingerprint density at radius 2 is 2.25 bits per heavy atom. The smallest absolute Gasteiger partial charge is 0.115 e. The van der Waals surface area contributed by atoms with E-state index in [1.165, 1.54) is 11.1 Å². The topological polar surface area (TPSA) is 23.5 Å². The lowest BCUT2D eigenvalue weighted by Crippen LogP contribution is -2.58. The van der Waals surface area contributed by atoms with E-state index < -0.39 is 0 Å². The van der Waals surface area contributed by atoms with Crippen molar-refractivity contribution in [3.63, 3.8) is 0 Å². The zero-order valence-electron chi connectivity index (χ0n) is 12.4. The number of hydrogen-bond donors (Lipinski definition) is 1. The number of nitrogens with zero attached hydrogens (tertiary/aromatic N) is 1. The number of halogens is 1. The summed E-state index contributed by atoms with van der Waals surface area (Å²) in [6.45, 7) is 6.34. The zero-order valence-corrected chi connectivity index (χ0v) is 12.4. The second kappa shape index (κ2) is 5.03. The van der Waals surface area contributed by atoms with Gasteiger partial charge < -0.3 is 5.11 Å². The third-order valence-corrected chi connectivity index (χ3v) is 5.69. The van der Waals surface area contributed by atoms with Crippen molar-refractivity contribution >= 4 is 0 Å². The molecule has 0 aromatic heterocycles. The molecule has 3 heteroatoms. The average molecular weight is 277 g/mol. The molecule has 0 unspecified atom stereocenters. The lowest BCUT2D eigenvalue weighted by Gasteiger charge is -2.54. The van der Waals surface area contributed by atoms with Crippen molar-refractivity contribution in [1.29, 1.82) is 0 Å². The van der Waals surface area contributed by atoms with Crippen molar-refractivity contribution in [2.75, 3.05) is 19.8 Å². The Balaban J connectivity index is 1.95. The number of phenols is 1. The molecule has 2 aliphatic rings. The molecule has 1 heterocycles. The van der Waals surface area contributed by atoms with Gasteiger partial charge in [-0.25, -0.2) is 0 Å². The summed E-state index contributed by atoms with van der Waals surface area (Å²) in [5, 5.41) is 9.80. The molecule has 110 valence electrons. The number of phenolic OH excluding ortho intramolecular Hbond substituents is 1. The molecule has 1 aliphatic carbocycles. The number of likely N-dealkylation sites (tertiary alicyclic amines) is 1. The van der Waals surface area contributed by atoms with Crippen LogP contribution < -0.4 is 0 Å². The predicted molar refractivity (Wildman–Crippen MR) is 78.9 cm³/mol. The summed E-state index contributed by atoms with van der Waals surface area (Å²) >= 11 is 0. The second-order valence-electron chi connectivity index (χ2n) is 6.65. The first kappa shape index (κ1) is 13.9. The molecule has 0 amide bonds. The summed E-state index contributed by atoms with van der Waals surface area (Å²) in [5.74, 6) is 0.917. The van der Waals surface area contributed by atoms with Crippen LogP contribution in [0.25, 0.3) is 0 Å². The standard InChI is InChI=1S/C17H24FNO/c1-12-16-10-13-4-5-14(20)11-15(13)17(12,2)6-9-19(16)8-3-7-18/h4-5,11-12,16,20H,3,6-10H2,1-2H3/t12-,16+,17+/m1/s1. The minimum absolute atomic E-state index is 0.142. The average Bonchev–Trinajstić information content (AvgIpc) is 2.43. The molecule has 3 rings (SSSR count). The molecule has 3 atom stereocenters. The summed E-state index contributed by atoms with van der Waals surface area (Å²) in [5.41, 5.74) is 2.83. The summed E-state index contributed by atoms with van der Waals surface area (Å²) in [6, 6.07) is 6.33. The highest BCUT2D eigenvalue weighted by atomic mass is 19.1. The number of fused-ring (bicyclic) bond motifs is 4. The van der Waals surface area contributed by atoms with Crippen LogP contribution in [-0.2, 0) is 11.8 Å². The minimum atomic E-state index is -0.223. The Bertz CT molecular complexity index is 504. The highest BCUT2D eigenvalue weighted by molar-refractivity contribution is 5.44. The van der Waals surface area contributed by atoms with Crippen molar-refractivity contribution in [3.8, 4) is 5.75 Å². The fourth-order valence-electron chi connectivity index (χ4n) is 4.24. The van der Waals surface area contributed by atoms with Crippen LogP contribution in [0.3, 0.4) is 0 Å². The lowest BCUT2D eigenvalue weighted by atomic mass is 9.59. The van der Waals surface area contributed by atoms with Crippen LogP contribution in [0.2, 0.25) is 0 Å². The molecule has 2 bridgehead atoms. The largest absolute Gasteiger partial charge is 0.508 e. The van der Waals surface area contributed by atoms with Gasteiger partial charge in [0.25, 0.3) is 0 Å². The van der Waals surface area contributed by atoms with E-state index in [-0.39, 0.29) is 12.1 Å². The molecule has 2 nitrogen and oxygen atoms in total. The van der Waals surface area contributed by atoms with Crippen molar-refractivity contribution in [2.24, 2.45) is 5.92 Å². The number of benzene rings is 1. The summed E-state index contributed by atoms with van der Waals surface area (Å²) in [6.07, 6.45) is 2.76. The van der Waals surface area contributed by atoms with Crippen LogP contribution in [0.1, 0.15) is 37.8 Å². The van der Waals surface area contributed by atoms with Crippen LogP contribution in [0.15, 0.2) is 18.2 Å². The fraction of sp³-hybridized carbons (Fsp3) is 0.647. The lowest BCUT2D eigenvalue weighted by molar-refractivity contribution is 0.0296. The molecule has 0 radical (unpaired) electrons. The monoisotopic (exact) mass is 277 g/mol. The van der Waals surface area contributed by atoms with E-state index in [9.17, 15) is 9.50 Å². The molecular weight excluding hydrogens is 253 g/mol. The first-order valence-corrected chi connectivity index (χ1v) is 7.68. The van der Waals surface area contributed by atoms with Crippen LogP contribution in [-0.4, -0.2) is 35.8 Å². The van der Waals surface area contributed by atoms with E-state index in [2.05, 4.69) is 24.8 Å². The van der Waals surface area contributed by atoms with Crippen molar-refractivity contribution < 1.29 is 9.50 Å². The second-order valence-corrected chi connectivity index (χ2v) is 6.65. The Hall–Kier alpha value is -1.09. The maximum atomic E-state index is 12.5. The van der Waals surface area contributed by atoms with Gasteiger partial charge in [-0.2, -0.15) is 0 Å². The zero-order chi connectivity index (χ0) is 14.3. The first-order valence-electron chi connectivity index (χ1n) is 7.68. The van der Waals surface area contributed by atoms with E-state index in [1.807, 2.05) is 6.07 Å². The SMILES string of the molecule is C[C@@H]1[C@@H]2Cc3ccc(O)cc3[C@@]1(C)CCN2CCCF. The third-order valence-electron chi connectivity index (χ3n) is 5.69. The number of piperidine rings is 1. The Kier molecular flexibility index (Phi) is 3.49. The number of alkyl halides is 1. The number of hydrogen-bond acceptors (Lipinski definition) is 2. The van der Waals surface area contributed by atoms with Crippen molar-refractivity contribution in [1.82, 2.24) is 4.90 Å². The van der Waals surface area contributed by atoms with Gasteiger partial charge in [-0.1, -0.05) is 19.9 Å². The molecule has 1 aromatic rings. The highest BCUT2D eigenvalue weighted by Crippen LogP contribution is 2.49. The van der Waals surface area contributed by atoms with Gasteiger partial charge in [-0.3, -0.25) is 9.29 Å². The van der Waals surface area contributed by atoms with E-state index in [0.29, 0.717) is 24.1 Å². The van der Waals surface area contributed by atoms with Crippen LogP contribution in [0.4, 0.5) is 4.39 Å². The van der Waals surface area contributed by atoms with Gasteiger partial charge in [0.05, 0.1) is 6.67 Å². The molecule has 1 N–H and O–H groups in total. The van der Waals surface area contributed by atoms with Gasteiger partial charge in [0.1, 0.15) is 5.75 Å². The van der Waals surface area contributed by atoms with Crippen molar-refractivity contribution in [2.45, 2.75) is 44.6 Å². The molecule has 1 fully saturated rings. The molecule has 1 aliphatic heterocycles. The highest BCUT2D eigenvalue weighted by Gasteiger charge is 2.48. The summed E-state index contributed by atoms with van der Waals surface area (Å²) < 4.78 is 12.5. The van der Waals surface area contributed by atoms with E-state index >= 15 is 0 Å². The molecular formula is C17H24FNO. The van der Waals surface area contributed by atoms with Gasteiger partial charge >= 0.3 is 0 Å². The number of aromatic hydroxyl groups is 1. The maximum Gasteiger partial charge on any atom is 0.115 e. The Morgan fingerprint density at radius 3 is 3.00 bits per heavy atom. The van der Waals surface area contributed by atoms with Crippen LogP contribution >= 0.6 is 0 Å². The predicted octanol–water partition coefficient (Wildman–Crippen LogP) is 3.28. The summed E-state index contributed by atoms with van der Waals surface area (Å²) in [4.78, 5) is 2.47. The molecule has 1 saturated heterocycles. The van der Waals surface area contributed by atoms with E-state index in [1.54, 1.807) is 6.07 Å². The van der Waals surface area contributed by atoms with Gasteiger partial charge in [0.15, 0.2) is 0 Å². The number of rotatable bonds is 3. The molecule has 0 saturated carbocycles. The van der Waals surface area contributed by atoms with Gasteiger partial charge in [0, 0.05) is 12.6 Å². The van der Waals surface area contributed by atoms with Gasteiger partial charge in [-0.15, -0.1) is 0 Å². The first-order chi connectivity index (χ1) is 9.56. The van der Waals surface area contributed by atoms with Crippen LogP contribution in [0.5, 0.6) is 5.75 Å². The summed E-state index contributed by atoms with van der Waals surface area (Å²) in [7, 11) is 0. The van der Waals surface area contributed by atoms with E-state index in [4.69, 9.17) is 0 Å². The van der Waals surface area contributed by atoms with E-state index in [0.717, 1.165) is 25.9 Å². The van der Waals surface area contributed by atoms with Crippen LogP contribution in [0, 0.1) is 5.92 Å². The van der Waals surface area contributed by atoms with Gasteiger partial charge in [-0.05, 0) is 60.4 Å². The normalized spacial score (nSPS) is 33.0. The minimum Gasteiger partial charge on any atom is -0.508 e. The quantitative estimate of drug-likeness (QED) is 0.916. The van der Waals surface area contributed by atoms with Crippen molar-refractivity contribution in [3.05, 3.63) is 29.3 Å². The fourth-order valence-corrected chi connectivity index (χ4v) is 4.24. The molecule has 0 spiro atoms.